The molecule has 3 heteroatoms. The van der Waals surface area contributed by atoms with Crippen LogP contribution in [0.3, 0.4) is 0 Å². The van der Waals surface area contributed by atoms with Crippen LogP contribution in [-0.2, 0) is 0 Å². The molecule has 1 N–H and O–H groups in total. The zero-order valence-corrected chi connectivity index (χ0v) is 11.0. The molecular weight excluding hydrogens is 217 g/mol. The first kappa shape index (κ1) is 14.1. The first-order valence-corrected chi connectivity index (χ1v) is 6.11. The third kappa shape index (κ3) is 3.79. The molecule has 0 aliphatic carbocycles. The van der Waals surface area contributed by atoms with Gasteiger partial charge in [0.15, 0.2) is 0 Å². The number of rotatable bonds is 5. The van der Waals surface area contributed by atoms with Gasteiger partial charge in [0.25, 0.3) is 0 Å². The third-order valence-corrected chi connectivity index (χ3v) is 2.97. The molecule has 1 unspecified atom stereocenters. The van der Waals surface area contributed by atoms with E-state index >= 15 is 0 Å². The van der Waals surface area contributed by atoms with Crippen LogP contribution >= 0.6 is 0 Å². The molecule has 0 amide bonds. The van der Waals surface area contributed by atoms with Crippen LogP contribution in [0.1, 0.15) is 39.4 Å². The van der Waals surface area contributed by atoms with Crippen molar-refractivity contribution in [2.45, 2.75) is 45.9 Å². The number of aliphatic hydroxyl groups excluding tert-OH is 1. The van der Waals surface area contributed by atoms with Crippen LogP contribution in [0.5, 0.6) is 0 Å². The summed E-state index contributed by atoms with van der Waals surface area (Å²) >= 11 is 0. The molecule has 0 spiro atoms. The lowest BCUT2D eigenvalue weighted by molar-refractivity contribution is 0.0735. The van der Waals surface area contributed by atoms with Crippen molar-refractivity contribution in [1.82, 2.24) is 4.90 Å². The van der Waals surface area contributed by atoms with Gasteiger partial charge in [-0.2, -0.15) is 0 Å². The molecule has 0 aliphatic rings. The van der Waals surface area contributed by atoms with Gasteiger partial charge in [0.2, 0.25) is 0 Å². The highest BCUT2D eigenvalue weighted by Crippen LogP contribution is 2.19. The van der Waals surface area contributed by atoms with E-state index in [1.54, 1.807) is 18.2 Å². The topological polar surface area (TPSA) is 23.5 Å². The molecule has 0 saturated heterocycles. The number of nitrogens with zero attached hydrogens (tertiary/aromatic N) is 1. The summed E-state index contributed by atoms with van der Waals surface area (Å²) in [6.45, 7) is 8.76. The fraction of sp³-hybridized carbons (Fsp3) is 0.571. The maximum atomic E-state index is 13.5. The lowest BCUT2D eigenvalue weighted by Gasteiger charge is -2.32. The van der Waals surface area contributed by atoms with Gasteiger partial charge >= 0.3 is 0 Å². The predicted molar refractivity (Wildman–Crippen MR) is 68.3 cm³/mol. The van der Waals surface area contributed by atoms with E-state index in [1.165, 1.54) is 6.07 Å². The highest BCUT2D eigenvalue weighted by Gasteiger charge is 2.20. The quantitative estimate of drug-likeness (QED) is 0.854. The third-order valence-electron chi connectivity index (χ3n) is 2.97. The maximum absolute atomic E-state index is 13.5. The molecule has 0 aliphatic heterocycles. The van der Waals surface area contributed by atoms with E-state index in [9.17, 15) is 9.50 Å². The Morgan fingerprint density at radius 3 is 2.12 bits per heavy atom. The highest BCUT2D eigenvalue weighted by molar-refractivity contribution is 5.20. The number of benzene rings is 1. The van der Waals surface area contributed by atoms with Crippen molar-refractivity contribution in [3.63, 3.8) is 0 Å². The second kappa shape index (κ2) is 6.12. The van der Waals surface area contributed by atoms with Gasteiger partial charge < -0.3 is 5.11 Å². The van der Waals surface area contributed by atoms with E-state index < -0.39 is 6.10 Å². The van der Waals surface area contributed by atoms with E-state index in [2.05, 4.69) is 32.6 Å². The smallest absolute Gasteiger partial charge is 0.129 e. The average molecular weight is 239 g/mol. The van der Waals surface area contributed by atoms with Crippen LogP contribution in [-0.4, -0.2) is 28.6 Å². The first-order chi connectivity index (χ1) is 7.93. The molecule has 1 aromatic carbocycles. The SMILES string of the molecule is CC(C)N(CC(O)c1ccccc1F)C(C)C. The molecule has 1 aromatic rings. The van der Waals surface area contributed by atoms with Crippen LogP contribution < -0.4 is 0 Å². The minimum Gasteiger partial charge on any atom is -0.387 e. The summed E-state index contributed by atoms with van der Waals surface area (Å²) in [6.07, 6.45) is -0.777. The molecule has 0 bridgehead atoms. The van der Waals surface area contributed by atoms with E-state index in [4.69, 9.17) is 0 Å². The fourth-order valence-corrected chi connectivity index (χ4v) is 2.06. The summed E-state index contributed by atoms with van der Waals surface area (Å²) in [7, 11) is 0. The second-order valence-electron chi connectivity index (χ2n) is 4.92. The van der Waals surface area contributed by atoms with Gasteiger partial charge in [0.05, 0.1) is 6.10 Å². The van der Waals surface area contributed by atoms with Gasteiger partial charge in [0.1, 0.15) is 5.82 Å². The Morgan fingerprint density at radius 2 is 1.65 bits per heavy atom. The Balaban J connectivity index is 2.77. The summed E-state index contributed by atoms with van der Waals surface area (Å²) in [5.41, 5.74) is 0.374. The standard InChI is InChI=1S/C14H22FNO/c1-10(2)16(11(3)4)9-14(17)12-7-5-6-8-13(12)15/h5-8,10-11,14,17H,9H2,1-4H3. The van der Waals surface area contributed by atoms with E-state index in [-0.39, 0.29) is 5.82 Å². The zero-order valence-electron chi connectivity index (χ0n) is 11.0. The molecule has 0 heterocycles. The Morgan fingerprint density at radius 1 is 1.12 bits per heavy atom. The summed E-state index contributed by atoms with van der Waals surface area (Å²) in [6, 6.07) is 7.06. The number of aliphatic hydroxyl groups is 1. The fourth-order valence-electron chi connectivity index (χ4n) is 2.06. The summed E-state index contributed by atoms with van der Waals surface area (Å²) in [5.74, 6) is -0.340. The molecule has 96 valence electrons. The van der Waals surface area contributed by atoms with Crippen molar-refractivity contribution in [2.75, 3.05) is 6.54 Å². The summed E-state index contributed by atoms with van der Waals surface area (Å²) in [5, 5.41) is 10.1. The predicted octanol–water partition coefficient (Wildman–Crippen LogP) is 2.98. The van der Waals surface area contributed by atoms with Crippen LogP contribution in [0.2, 0.25) is 0 Å². The molecule has 1 atom stereocenters. The van der Waals surface area contributed by atoms with Gasteiger partial charge in [-0.15, -0.1) is 0 Å². The van der Waals surface area contributed by atoms with E-state index in [0.29, 0.717) is 24.2 Å². The Labute approximate surface area is 103 Å². The van der Waals surface area contributed by atoms with Crippen molar-refractivity contribution in [3.05, 3.63) is 35.6 Å². The first-order valence-electron chi connectivity index (χ1n) is 6.11. The molecule has 0 saturated carbocycles. The lowest BCUT2D eigenvalue weighted by Crippen LogP contribution is -2.40. The Hall–Kier alpha value is -0.930. The van der Waals surface area contributed by atoms with Crippen molar-refractivity contribution in [2.24, 2.45) is 0 Å². The van der Waals surface area contributed by atoms with Crippen molar-refractivity contribution >= 4 is 0 Å². The molecule has 17 heavy (non-hydrogen) atoms. The lowest BCUT2D eigenvalue weighted by atomic mass is 10.1. The number of hydrogen-bond donors (Lipinski definition) is 1. The molecule has 0 fully saturated rings. The molecule has 0 radical (unpaired) electrons. The van der Waals surface area contributed by atoms with Gasteiger partial charge in [-0.05, 0) is 33.8 Å². The van der Waals surface area contributed by atoms with Crippen molar-refractivity contribution in [1.29, 1.82) is 0 Å². The van der Waals surface area contributed by atoms with Crippen molar-refractivity contribution < 1.29 is 9.50 Å². The zero-order chi connectivity index (χ0) is 13.0. The maximum Gasteiger partial charge on any atom is 0.129 e. The molecular formula is C14H22FNO. The molecule has 0 aromatic heterocycles. The molecule has 2 nitrogen and oxygen atoms in total. The van der Waals surface area contributed by atoms with Crippen LogP contribution in [0.25, 0.3) is 0 Å². The molecule has 1 rings (SSSR count). The normalized spacial score (nSPS) is 13.7. The minimum absolute atomic E-state index is 0.330. The summed E-state index contributed by atoms with van der Waals surface area (Å²) < 4.78 is 13.5. The monoisotopic (exact) mass is 239 g/mol. The van der Waals surface area contributed by atoms with Gasteiger partial charge in [-0.3, -0.25) is 4.90 Å². The minimum atomic E-state index is -0.777. The number of hydrogen-bond acceptors (Lipinski definition) is 2. The van der Waals surface area contributed by atoms with Gasteiger partial charge in [-0.1, -0.05) is 18.2 Å². The van der Waals surface area contributed by atoms with Gasteiger partial charge in [0, 0.05) is 24.2 Å². The largest absolute Gasteiger partial charge is 0.387 e. The summed E-state index contributed by atoms with van der Waals surface area (Å²) in [4.78, 5) is 2.15. The van der Waals surface area contributed by atoms with Crippen LogP contribution in [0.15, 0.2) is 24.3 Å². The van der Waals surface area contributed by atoms with Crippen molar-refractivity contribution in [3.8, 4) is 0 Å². The Bertz CT molecular complexity index is 344. The Kier molecular flexibility index (Phi) is 5.09. The van der Waals surface area contributed by atoms with E-state index in [1.807, 2.05) is 0 Å². The van der Waals surface area contributed by atoms with Crippen LogP contribution in [0, 0.1) is 5.82 Å². The van der Waals surface area contributed by atoms with E-state index in [0.717, 1.165) is 0 Å². The number of halogens is 1. The average Bonchev–Trinajstić information content (AvgIpc) is 2.25. The second-order valence-corrected chi connectivity index (χ2v) is 4.92. The van der Waals surface area contributed by atoms with Crippen LogP contribution in [0.4, 0.5) is 4.39 Å². The highest BCUT2D eigenvalue weighted by atomic mass is 19.1. The van der Waals surface area contributed by atoms with Gasteiger partial charge in [-0.25, -0.2) is 4.39 Å².